The average molecular weight is 309 g/mol. The lowest BCUT2D eigenvalue weighted by molar-refractivity contribution is -0.151. The molecule has 22 heavy (non-hydrogen) atoms. The molecule has 1 aliphatic heterocycles. The zero-order valence-corrected chi connectivity index (χ0v) is 13.6. The number of carboxylic acids is 1. The second kappa shape index (κ2) is 5.68. The van der Waals surface area contributed by atoms with Crippen LogP contribution in [0.15, 0.2) is 12.1 Å². The first-order valence-electron chi connectivity index (χ1n) is 7.14. The van der Waals surface area contributed by atoms with Crippen molar-refractivity contribution in [3.63, 3.8) is 0 Å². The molecule has 0 aliphatic carbocycles. The van der Waals surface area contributed by atoms with Gasteiger partial charge in [-0.05, 0) is 33.8 Å². The molecule has 1 aliphatic rings. The molecule has 6 heteroatoms. The highest BCUT2D eigenvalue weighted by Crippen LogP contribution is 2.38. The van der Waals surface area contributed by atoms with E-state index in [0.29, 0.717) is 23.8 Å². The molecular formula is C16H23NO5. The lowest BCUT2D eigenvalue weighted by atomic mass is 9.74. The largest absolute Gasteiger partial charge is 0.496 e. The predicted octanol–water partition coefficient (Wildman–Crippen LogP) is 2.40. The Hall–Kier alpha value is -1.95. The maximum Gasteiger partial charge on any atom is 0.310 e. The summed E-state index contributed by atoms with van der Waals surface area (Å²) in [5.41, 5.74) is -0.641. The number of nitrogens with one attached hydrogen (secondary N) is 1. The molecule has 0 atom stereocenters. The van der Waals surface area contributed by atoms with Crippen molar-refractivity contribution < 1.29 is 24.1 Å². The molecule has 0 radical (unpaired) electrons. The van der Waals surface area contributed by atoms with Crippen molar-refractivity contribution in [2.45, 2.75) is 39.8 Å². The van der Waals surface area contributed by atoms with Gasteiger partial charge in [-0.1, -0.05) is 0 Å². The summed E-state index contributed by atoms with van der Waals surface area (Å²) in [5, 5.41) is 12.7. The van der Waals surface area contributed by atoms with Gasteiger partial charge in [-0.2, -0.15) is 0 Å². The zero-order valence-electron chi connectivity index (χ0n) is 13.6. The number of ether oxygens (including phenoxy) is 3. The molecular weight excluding hydrogens is 286 g/mol. The summed E-state index contributed by atoms with van der Waals surface area (Å²) in [7, 11) is 1.59. The fourth-order valence-electron chi connectivity index (χ4n) is 2.10. The molecule has 6 nitrogen and oxygen atoms in total. The van der Waals surface area contributed by atoms with Crippen molar-refractivity contribution in [3.05, 3.63) is 17.7 Å². The molecule has 1 aromatic carbocycles. The lowest BCUT2D eigenvalue weighted by Gasteiger charge is -2.39. The molecule has 0 aromatic heterocycles. The van der Waals surface area contributed by atoms with E-state index in [4.69, 9.17) is 14.2 Å². The Labute approximate surface area is 130 Å². The highest BCUT2D eigenvalue weighted by atomic mass is 16.7. The Morgan fingerprint density at radius 2 is 1.86 bits per heavy atom. The third kappa shape index (κ3) is 2.83. The van der Waals surface area contributed by atoms with Crippen LogP contribution in [0.25, 0.3) is 0 Å². The zero-order chi connectivity index (χ0) is 16.5. The topological polar surface area (TPSA) is 77.0 Å². The van der Waals surface area contributed by atoms with Crippen LogP contribution in [0.1, 0.15) is 33.3 Å². The summed E-state index contributed by atoms with van der Waals surface area (Å²) < 4.78 is 16.1. The summed E-state index contributed by atoms with van der Waals surface area (Å²) in [6, 6.07) is 3.65. The number of hydrogen-bond donors (Lipinski definition) is 2. The number of methoxy groups -OCH3 is 1. The molecule has 122 valence electrons. The summed E-state index contributed by atoms with van der Waals surface area (Å²) in [6.45, 7) is 7.83. The van der Waals surface area contributed by atoms with Crippen LogP contribution in [0.4, 0.5) is 0 Å². The molecule has 0 spiro atoms. The summed E-state index contributed by atoms with van der Waals surface area (Å²) in [6.07, 6.45) is 0. The van der Waals surface area contributed by atoms with E-state index in [1.54, 1.807) is 27.0 Å². The van der Waals surface area contributed by atoms with Gasteiger partial charge >= 0.3 is 5.97 Å². The molecule has 2 N–H and O–H groups in total. The van der Waals surface area contributed by atoms with Crippen LogP contribution in [-0.4, -0.2) is 30.5 Å². The van der Waals surface area contributed by atoms with Crippen LogP contribution in [0.2, 0.25) is 0 Å². The van der Waals surface area contributed by atoms with Crippen molar-refractivity contribution in [1.29, 1.82) is 0 Å². The van der Waals surface area contributed by atoms with Gasteiger partial charge in [0.1, 0.15) is 5.75 Å². The van der Waals surface area contributed by atoms with Crippen molar-refractivity contribution >= 4 is 5.97 Å². The summed E-state index contributed by atoms with van der Waals surface area (Å²) in [4.78, 5) is 11.5. The van der Waals surface area contributed by atoms with E-state index in [1.165, 1.54) is 0 Å². The van der Waals surface area contributed by atoms with Crippen LogP contribution >= 0.6 is 0 Å². The molecule has 0 amide bonds. The van der Waals surface area contributed by atoms with E-state index >= 15 is 0 Å². The van der Waals surface area contributed by atoms with Crippen LogP contribution in [-0.2, 0) is 11.3 Å². The fraction of sp³-hybridized carbons (Fsp3) is 0.562. The number of rotatable bonds is 6. The third-order valence-electron chi connectivity index (χ3n) is 4.59. The van der Waals surface area contributed by atoms with Crippen molar-refractivity contribution in [1.82, 2.24) is 5.32 Å². The lowest BCUT2D eigenvalue weighted by Crippen LogP contribution is -2.54. The Balaban J connectivity index is 2.19. The van der Waals surface area contributed by atoms with Crippen LogP contribution in [0, 0.1) is 5.41 Å². The fourth-order valence-corrected chi connectivity index (χ4v) is 2.10. The molecule has 0 saturated carbocycles. The van der Waals surface area contributed by atoms with Crippen LogP contribution < -0.4 is 19.5 Å². The maximum atomic E-state index is 11.5. The van der Waals surface area contributed by atoms with Crippen molar-refractivity contribution in [2.24, 2.45) is 5.41 Å². The number of fused-ring (bicyclic) bond motifs is 1. The van der Waals surface area contributed by atoms with Crippen LogP contribution in [0.5, 0.6) is 17.2 Å². The minimum Gasteiger partial charge on any atom is -0.496 e. The van der Waals surface area contributed by atoms with Gasteiger partial charge in [0.05, 0.1) is 12.5 Å². The SMILES string of the molecule is COc1cc2c(cc1CNC(C)(C)C(C)(C)C(=O)O)OCO2. The monoisotopic (exact) mass is 309 g/mol. The minimum absolute atomic E-state index is 0.201. The van der Waals surface area contributed by atoms with E-state index < -0.39 is 16.9 Å². The number of carboxylic acid groups (broad SMARTS) is 1. The smallest absolute Gasteiger partial charge is 0.310 e. The first-order chi connectivity index (χ1) is 10.2. The normalized spacial score (nSPS) is 14.0. The average Bonchev–Trinajstić information content (AvgIpc) is 2.90. The standard InChI is InChI=1S/C16H23NO5/c1-15(2,14(18)19)16(3,4)17-8-10-6-12-13(22-9-21-12)7-11(10)20-5/h6-7,17H,8-9H2,1-5H3,(H,18,19). The van der Waals surface area contributed by atoms with Crippen molar-refractivity contribution in [3.8, 4) is 17.2 Å². The predicted molar refractivity (Wildman–Crippen MR) is 81.5 cm³/mol. The highest BCUT2D eigenvalue weighted by molar-refractivity contribution is 5.75. The van der Waals surface area contributed by atoms with Crippen LogP contribution in [0.3, 0.4) is 0 Å². The quantitative estimate of drug-likeness (QED) is 0.840. The molecule has 0 bridgehead atoms. The Morgan fingerprint density at radius 3 is 2.41 bits per heavy atom. The Kier molecular flexibility index (Phi) is 4.24. The number of carbonyl (C=O) groups is 1. The van der Waals surface area contributed by atoms with E-state index in [9.17, 15) is 9.90 Å². The highest BCUT2D eigenvalue weighted by Gasteiger charge is 2.43. The molecule has 0 saturated heterocycles. The van der Waals surface area contributed by atoms with Gasteiger partial charge in [-0.15, -0.1) is 0 Å². The van der Waals surface area contributed by atoms with E-state index in [-0.39, 0.29) is 6.79 Å². The maximum absolute atomic E-state index is 11.5. The first kappa shape index (κ1) is 16.4. The third-order valence-corrected chi connectivity index (χ3v) is 4.59. The van der Waals surface area contributed by atoms with Crippen molar-refractivity contribution in [2.75, 3.05) is 13.9 Å². The van der Waals surface area contributed by atoms with Gasteiger partial charge in [0.2, 0.25) is 6.79 Å². The van der Waals surface area contributed by atoms with Gasteiger partial charge in [0.15, 0.2) is 11.5 Å². The second-order valence-corrected chi connectivity index (χ2v) is 6.43. The van der Waals surface area contributed by atoms with E-state index in [2.05, 4.69) is 5.32 Å². The minimum atomic E-state index is -0.920. The Bertz CT molecular complexity index is 580. The van der Waals surface area contributed by atoms with Gasteiger partial charge in [0.25, 0.3) is 0 Å². The van der Waals surface area contributed by atoms with Gasteiger partial charge in [-0.25, -0.2) is 0 Å². The molecule has 0 unspecified atom stereocenters. The molecule has 1 aromatic rings. The van der Waals surface area contributed by atoms with Gasteiger partial charge < -0.3 is 24.6 Å². The summed E-state index contributed by atoms with van der Waals surface area (Å²) >= 11 is 0. The summed E-state index contributed by atoms with van der Waals surface area (Å²) in [5.74, 6) is 1.17. The second-order valence-electron chi connectivity index (χ2n) is 6.43. The van der Waals surface area contributed by atoms with E-state index in [1.807, 2.05) is 19.9 Å². The molecule has 0 fully saturated rings. The molecule has 2 rings (SSSR count). The molecule has 1 heterocycles. The number of benzene rings is 1. The number of hydrogen-bond acceptors (Lipinski definition) is 5. The van der Waals surface area contributed by atoms with E-state index in [0.717, 1.165) is 5.56 Å². The van der Waals surface area contributed by atoms with Gasteiger partial charge in [-0.3, -0.25) is 4.79 Å². The Morgan fingerprint density at radius 1 is 1.27 bits per heavy atom. The first-order valence-corrected chi connectivity index (χ1v) is 7.14. The van der Waals surface area contributed by atoms with Gasteiger partial charge in [0, 0.05) is 23.7 Å². The number of aliphatic carboxylic acids is 1.